The van der Waals surface area contributed by atoms with E-state index in [9.17, 15) is 0 Å². The zero-order valence-electron chi connectivity index (χ0n) is 9.15. The number of hydrogen-bond acceptors (Lipinski definition) is 0. The Bertz CT molecular complexity index is 430. The lowest BCUT2D eigenvalue weighted by Crippen LogP contribution is -1.74. The van der Waals surface area contributed by atoms with E-state index < -0.39 is 0 Å². The SMILES string of the molecule is Cc1ccc(/C=C/c2ccc(Br)cc2)cc1. The van der Waals surface area contributed by atoms with E-state index in [1.807, 2.05) is 0 Å². The second-order valence-electron chi connectivity index (χ2n) is 3.80. The lowest BCUT2D eigenvalue weighted by molar-refractivity contribution is 1.46. The van der Waals surface area contributed by atoms with Crippen molar-refractivity contribution >= 4 is 28.1 Å². The predicted molar refractivity (Wildman–Crippen MR) is 74.2 cm³/mol. The smallest absolute Gasteiger partial charge is 0.0175 e. The van der Waals surface area contributed by atoms with Crippen LogP contribution in [0.3, 0.4) is 0 Å². The van der Waals surface area contributed by atoms with Gasteiger partial charge in [-0.15, -0.1) is 0 Å². The Labute approximate surface area is 105 Å². The summed E-state index contributed by atoms with van der Waals surface area (Å²) in [6, 6.07) is 16.8. The molecule has 0 bridgehead atoms. The van der Waals surface area contributed by atoms with Gasteiger partial charge in [-0.05, 0) is 30.2 Å². The van der Waals surface area contributed by atoms with E-state index in [1.54, 1.807) is 0 Å². The molecule has 0 spiro atoms. The van der Waals surface area contributed by atoms with Crippen molar-refractivity contribution in [2.75, 3.05) is 0 Å². The number of benzene rings is 2. The summed E-state index contributed by atoms with van der Waals surface area (Å²) in [6.45, 7) is 2.10. The van der Waals surface area contributed by atoms with E-state index in [0.29, 0.717) is 0 Å². The Hall–Kier alpha value is -1.34. The molecule has 0 heterocycles. The van der Waals surface area contributed by atoms with Crippen molar-refractivity contribution in [3.8, 4) is 0 Å². The molecule has 2 aromatic carbocycles. The van der Waals surface area contributed by atoms with Crippen LogP contribution in [0.4, 0.5) is 0 Å². The molecular weight excluding hydrogens is 260 g/mol. The Morgan fingerprint density at radius 2 is 1.19 bits per heavy atom. The third-order valence-electron chi connectivity index (χ3n) is 2.42. The highest BCUT2D eigenvalue weighted by atomic mass is 79.9. The fourth-order valence-corrected chi connectivity index (χ4v) is 1.71. The van der Waals surface area contributed by atoms with Crippen LogP contribution in [0.15, 0.2) is 53.0 Å². The molecule has 0 atom stereocenters. The molecule has 0 aromatic heterocycles. The Kier molecular flexibility index (Phi) is 3.58. The van der Waals surface area contributed by atoms with Crippen LogP contribution >= 0.6 is 15.9 Å². The van der Waals surface area contributed by atoms with Crippen LogP contribution in [0.2, 0.25) is 0 Å². The molecule has 0 aliphatic rings. The molecule has 0 saturated heterocycles. The van der Waals surface area contributed by atoms with E-state index in [4.69, 9.17) is 0 Å². The number of aryl methyl sites for hydroxylation is 1. The molecule has 0 unspecified atom stereocenters. The second-order valence-corrected chi connectivity index (χ2v) is 4.71. The summed E-state index contributed by atoms with van der Waals surface area (Å²) < 4.78 is 1.11. The zero-order chi connectivity index (χ0) is 11.4. The summed E-state index contributed by atoms with van der Waals surface area (Å²) in [7, 11) is 0. The van der Waals surface area contributed by atoms with Gasteiger partial charge in [0, 0.05) is 4.47 Å². The predicted octanol–water partition coefficient (Wildman–Crippen LogP) is 4.93. The first-order valence-corrected chi connectivity index (χ1v) is 6.04. The van der Waals surface area contributed by atoms with Crippen molar-refractivity contribution in [3.05, 3.63) is 69.7 Å². The minimum atomic E-state index is 1.11. The lowest BCUT2D eigenvalue weighted by Gasteiger charge is -1.96. The van der Waals surface area contributed by atoms with Crippen LogP contribution in [0.25, 0.3) is 12.2 Å². The quantitative estimate of drug-likeness (QED) is 0.681. The maximum Gasteiger partial charge on any atom is 0.0175 e. The van der Waals surface area contributed by atoms with E-state index in [0.717, 1.165) is 4.47 Å². The molecule has 0 aliphatic heterocycles. The van der Waals surface area contributed by atoms with Gasteiger partial charge in [0.15, 0.2) is 0 Å². The minimum Gasteiger partial charge on any atom is -0.0587 e. The van der Waals surface area contributed by atoms with Crippen molar-refractivity contribution in [1.29, 1.82) is 0 Å². The summed E-state index contributed by atoms with van der Waals surface area (Å²) in [5.74, 6) is 0. The average molecular weight is 273 g/mol. The molecule has 2 aromatic rings. The van der Waals surface area contributed by atoms with Gasteiger partial charge < -0.3 is 0 Å². The van der Waals surface area contributed by atoms with Crippen LogP contribution in [0, 0.1) is 6.92 Å². The Morgan fingerprint density at radius 3 is 1.69 bits per heavy atom. The average Bonchev–Trinajstić information content (AvgIpc) is 2.30. The van der Waals surface area contributed by atoms with Gasteiger partial charge in [-0.1, -0.05) is 70.0 Å². The lowest BCUT2D eigenvalue weighted by atomic mass is 10.1. The second kappa shape index (κ2) is 5.13. The summed E-state index contributed by atoms with van der Waals surface area (Å²) in [6.07, 6.45) is 4.25. The summed E-state index contributed by atoms with van der Waals surface area (Å²) in [5, 5.41) is 0. The summed E-state index contributed by atoms with van der Waals surface area (Å²) >= 11 is 3.43. The highest BCUT2D eigenvalue weighted by molar-refractivity contribution is 9.10. The van der Waals surface area contributed by atoms with Crippen molar-refractivity contribution in [2.45, 2.75) is 6.92 Å². The topological polar surface area (TPSA) is 0 Å². The van der Waals surface area contributed by atoms with Gasteiger partial charge in [0.25, 0.3) is 0 Å². The Morgan fingerprint density at radius 1 is 0.750 bits per heavy atom. The summed E-state index contributed by atoms with van der Waals surface area (Å²) in [4.78, 5) is 0. The molecule has 2 rings (SSSR count). The van der Waals surface area contributed by atoms with Crippen LogP contribution in [0.1, 0.15) is 16.7 Å². The third kappa shape index (κ3) is 3.07. The van der Waals surface area contributed by atoms with Crippen molar-refractivity contribution in [2.24, 2.45) is 0 Å². The monoisotopic (exact) mass is 272 g/mol. The number of hydrogen-bond donors (Lipinski definition) is 0. The normalized spacial score (nSPS) is 10.9. The van der Waals surface area contributed by atoms with E-state index in [2.05, 4.69) is 83.5 Å². The fourth-order valence-electron chi connectivity index (χ4n) is 1.44. The van der Waals surface area contributed by atoms with Crippen LogP contribution in [-0.4, -0.2) is 0 Å². The first kappa shape index (κ1) is 11.2. The molecule has 1 heteroatoms. The van der Waals surface area contributed by atoms with Crippen molar-refractivity contribution in [3.63, 3.8) is 0 Å². The summed E-state index contributed by atoms with van der Waals surface area (Å²) in [5.41, 5.74) is 3.73. The molecule has 0 N–H and O–H groups in total. The molecule has 0 saturated carbocycles. The maximum absolute atomic E-state index is 3.43. The van der Waals surface area contributed by atoms with E-state index in [1.165, 1.54) is 16.7 Å². The maximum atomic E-state index is 3.43. The molecule has 0 nitrogen and oxygen atoms in total. The first-order chi connectivity index (χ1) is 7.74. The fraction of sp³-hybridized carbons (Fsp3) is 0.0667. The van der Waals surface area contributed by atoms with Crippen LogP contribution < -0.4 is 0 Å². The van der Waals surface area contributed by atoms with Gasteiger partial charge >= 0.3 is 0 Å². The molecule has 80 valence electrons. The zero-order valence-corrected chi connectivity index (χ0v) is 10.7. The van der Waals surface area contributed by atoms with Crippen molar-refractivity contribution < 1.29 is 0 Å². The van der Waals surface area contributed by atoms with Gasteiger partial charge in [-0.25, -0.2) is 0 Å². The molecule has 0 amide bonds. The molecular formula is C15H13Br. The van der Waals surface area contributed by atoms with Gasteiger partial charge in [0.2, 0.25) is 0 Å². The number of rotatable bonds is 2. The number of halogens is 1. The highest BCUT2D eigenvalue weighted by Gasteiger charge is 1.89. The van der Waals surface area contributed by atoms with Gasteiger partial charge in [0.1, 0.15) is 0 Å². The van der Waals surface area contributed by atoms with E-state index >= 15 is 0 Å². The molecule has 0 fully saturated rings. The van der Waals surface area contributed by atoms with Crippen LogP contribution in [-0.2, 0) is 0 Å². The molecule has 0 aliphatic carbocycles. The third-order valence-corrected chi connectivity index (χ3v) is 2.94. The highest BCUT2D eigenvalue weighted by Crippen LogP contribution is 2.13. The van der Waals surface area contributed by atoms with Gasteiger partial charge in [0.05, 0.1) is 0 Å². The van der Waals surface area contributed by atoms with Crippen molar-refractivity contribution in [1.82, 2.24) is 0 Å². The van der Waals surface area contributed by atoms with E-state index in [-0.39, 0.29) is 0 Å². The minimum absolute atomic E-state index is 1.11. The Balaban J connectivity index is 2.15. The van der Waals surface area contributed by atoms with Gasteiger partial charge in [-0.3, -0.25) is 0 Å². The first-order valence-electron chi connectivity index (χ1n) is 5.24. The van der Waals surface area contributed by atoms with Gasteiger partial charge in [-0.2, -0.15) is 0 Å². The standard InChI is InChI=1S/C15H13Br/c1-12-2-4-13(5-3-12)6-7-14-8-10-15(16)11-9-14/h2-11H,1H3/b7-6+. The molecule has 16 heavy (non-hydrogen) atoms. The van der Waals surface area contributed by atoms with Crippen LogP contribution in [0.5, 0.6) is 0 Å². The molecule has 0 radical (unpaired) electrons. The largest absolute Gasteiger partial charge is 0.0587 e.